The Bertz CT molecular complexity index is 1270. The molecule has 0 bridgehead atoms. The molecule has 1 atom stereocenters. The maximum absolute atomic E-state index is 13.1. The van der Waals surface area contributed by atoms with Gasteiger partial charge in [0.25, 0.3) is 0 Å². The monoisotopic (exact) mass is 474 g/mol. The van der Waals surface area contributed by atoms with E-state index >= 15 is 0 Å². The summed E-state index contributed by atoms with van der Waals surface area (Å²) in [5.41, 5.74) is 0.687. The molecular formula is C27H27BO7. The van der Waals surface area contributed by atoms with Crippen molar-refractivity contribution in [3.05, 3.63) is 77.4 Å². The topological polar surface area (TPSA) is 99.1 Å². The number of hydrogen-bond donors (Lipinski definition) is 1. The molecule has 3 aromatic carbocycles. The summed E-state index contributed by atoms with van der Waals surface area (Å²) in [6.07, 6.45) is 0.444. The van der Waals surface area contributed by atoms with E-state index in [1.54, 1.807) is 39.0 Å². The molecule has 0 fully saturated rings. The average molecular weight is 474 g/mol. The van der Waals surface area contributed by atoms with Gasteiger partial charge in [0.2, 0.25) is 6.79 Å². The fourth-order valence-corrected chi connectivity index (χ4v) is 4.07. The van der Waals surface area contributed by atoms with E-state index < -0.39 is 37.1 Å². The number of rotatable bonds is 6. The third-order valence-electron chi connectivity index (χ3n) is 5.97. The van der Waals surface area contributed by atoms with Gasteiger partial charge in [-0.3, -0.25) is 9.59 Å². The summed E-state index contributed by atoms with van der Waals surface area (Å²) in [7, 11) is -1.27. The zero-order chi connectivity index (χ0) is 25.2. The Morgan fingerprint density at radius 3 is 2.43 bits per heavy atom. The summed E-state index contributed by atoms with van der Waals surface area (Å²) in [5, 5.41) is 12.5. The highest BCUT2D eigenvalue weighted by atomic mass is 16.7. The normalized spacial score (nSPS) is 15.2. The lowest BCUT2D eigenvalue weighted by Gasteiger charge is -2.28. The van der Waals surface area contributed by atoms with Gasteiger partial charge in [0, 0.05) is 17.8 Å². The fourth-order valence-electron chi connectivity index (χ4n) is 4.07. The molecule has 4 rings (SSSR count). The molecule has 1 heterocycles. The van der Waals surface area contributed by atoms with Crippen molar-refractivity contribution in [2.24, 2.45) is 5.41 Å². The van der Waals surface area contributed by atoms with Crippen LogP contribution in [0.4, 0.5) is 0 Å². The summed E-state index contributed by atoms with van der Waals surface area (Å²) in [4.78, 5) is 37.6. The number of ether oxygens (including phenoxy) is 2. The number of hydrogen-bond acceptors (Lipinski definition) is 7. The van der Waals surface area contributed by atoms with E-state index in [2.05, 4.69) is 0 Å². The van der Waals surface area contributed by atoms with Crippen LogP contribution in [0.1, 0.15) is 53.5 Å². The Morgan fingerprint density at radius 1 is 0.971 bits per heavy atom. The zero-order valence-electron chi connectivity index (χ0n) is 19.9. The molecule has 0 spiro atoms. The molecule has 3 aromatic rings. The van der Waals surface area contributed by atoms with Gasteiger partial charge in [0.15, 0.2) is 5.78 Å². The SMILES string of the molecule is CC(C)(C)C(=O)OCOC(=O)c1cccc2c1OB(O)[C@@H](CC(=O)c1cccc3ccccc13)C2. The molecule has 8 heteroatoms. The second-order valence-corrected chi connectivity index (χ2v) is 9.65. The van der Waals surface area contributed by atoms with Crippen molar-refractivity contribution in [3.8, 4) is 5.75 Å². The largest absolute Gasteiger partial charge is 0.535 e. The van der Waals surface area contributed by atoms with Crippen LogP contribution in [0.2, 0.25) is 5.82 Å². The van der Waals surface area contributed by atoms with E-state index in [0.29, 0.717) is 17.5 Å². The van der Waals surface area contributed by atoms with Gasteiger partial charge < -0.3 is 19.2 Å². The van der Waals surface area contributed by atoms with Crippen LogP contribution in [-0.4, -0.2) is 36.7 Å². The van der Waals surface area contributed by atoms with E-state index in [0.717, 1.165) is 10.8 Å². The standard InChI is InChI=1S/C27H27BO7/c1-27(2,3)26(31)34-16-33-25(30)22-13-7-10-18-14-19(28(32)35-24(18)22)15-23(29)21-12-6-9-17-8-4-5-11-20(17)21/h4-13,19,32H,14-16H2,1-3H3/t19-/m1/s1. The summed E-state index contributed by atoms with van der Waals surface area (Å²) < 4.78 is 15.8. The lowest BCUT2D eigenvalue weighted by Crippen LogP contribution is -2.36. The molecule has 0 radical (unpaired) electrons. The Labute approximate surface area is 204 Å². The molecule has 0 amide bonds. The number of esters is 2. The lowest BCUT2D eigenvalue weighted by atomic mass is 9.64. The van der Waals surface area contributed by atoms with E-state index in [-0.39, 0.29) is 23.5 Å². The second-order valence-electron chi connectivity index (χ2n) is 9.65. The Kier molecular flexibility index (Phi) is 6.94. The molecule has 35 heavy (non-hydrogen) atoms. The molecule has 7 nitrogen and oxygen atoms in total. The van der Waals surface area contributed by atoms with Crippen molar-refractivity contribution in [2.45, 2.75) is 39.4 Å². The molecule has 1 aliphatic heterocycles. The minimum absolute atomic E-state index is 0.0888. The van der Waals surface area contributed by atoms with Gasteiger partial charge in [-0.05, 0) is 49.6 Å². The van der Waals surface area contributed by atoms with Crippen LogP contribution >= 0.6 is 0 Å². The van der Waals surface area contributed by atoms with Gasteiger partial charge in [-0.25, -0.2) is 4.79 Å². The van der Waals surface area contributed by atoms with E-state index in [9.17, 15) is 19.4 Å². The first-order valence-electron chi connectivity index (χ1n) is 11.5. The molecular weight excluding hydrogens is 447 g/mol. The summed E-state index contributed by atoms with van der Waals surface area (Å²) >= 11 is 0. The first-order chi connectivity index (χ1) is 16.6. The van der Waals surface area contributed by atoms with Crippen LogP contribution in [0, 0.1) is 5.41 Å². The van der Waals surface area contributed by atoms with E-state index in [1.807, 2.05) is 36.4 Å². The van der Waals surface area contributed by atoms with Crippen molar-refractivity contribution in [2.75, 3.05) is 6.79 Å². The number of fused-ring (bicyclic) bond motifs is 2. The van der Waals surface area contributed by atoms with Gasteiger partial charge >= 0.3 is 19.1 Å². The zero-order valence-corrected chi connectivity index (χ0v) is 19.9. The highest BCUT2D eigenvalue weighted by Crippen LogP contribution is 2.37. The second kappa shape index (κ2) is 9.92. The number of Topliss-reactive ketones (excluding diaryl/α,β-unsaturated/α-hetero) is 1. The first kappa shape index (κ1) is 24.5. The highest BCUT2D eigenvalue weighted by molar-refractivity contribution is 6.47. The van der Waals surface area contributed by atoms with Crippen molar-refractivity contribution < 1.29 is 33.5 Å². The van der Waals surface area contributed by atoms with Crippen LogP contribution < -0.4 is 4.65 Å². The smallest absolute Gasteiger partial charge is 0.526 e. The van der Waals surface area contributed by atoms with Crippen molar-refractivity contribution in [1.29, 1.82) is 0 Å². The molecule has 0 aromatic heterocycles. The van der Waals surface area contributed by atoms with Gasteiger partial charge in [-0.15, -0.1) is 0 Å². The molecule has 180 valence electrons. The van der Waals surface area contributed by atoms with Crippen LogP contribution in [0.3, 0.4) is 0 Å². The first-order valence-corrected chi connectivity index (χ1v) is 11.5. The lowest BCUT2D eigenvalue weighted by molar-refractivity contribution is -0.161. The number of carbonyl (C=O) groups excluding carboxylic acids is 3. The molecule has 1 N–H and O–H groups in total. The third kappa shape index (κ3) is 5.38. The molecule has 0 aliphatic carbocycles. The van der Waals surface area contributed by atoms with Crippen LogP contribution in [0.25, 0.3) is 10.8 Å². The maximum atomic E-state index is 13.1. The number of ketones is 1. The Hall–Kier alpha value is -3.65. The molecule has 0 saturated carbocycles. The minimum Gasteiger partial charge on any atom is -0.535 e. The third-order valence-corrected chi connectivity index (χ3v) is 5.97. The van der Waals surface area contributed by atoms with Gasteiger partial charge in [0.1, 0.15) is 11.3 Å². The van der Waals surface area contributed by atoms with Crippen molar-refractivity contribution >= 4 is 35.6 Å². The molecule has 0 saturated heterocycles. The molecule has 1 aliphatic rings. The average Bonchev–Trinajstić information content (AvgIpc) is 2.83. The quantitative estimate of drug-likeness (QED) is 0.241. The molecule has 0 unspecified atom stereocenters. The van der Waals surface area contributed by atoms with Crippen LogP contribution in [0.15, 0.2) is 60.7 Å². The van der Waals surface area contributed by atoms with Crippen molar-refractivity contribution in [3.63, 3.8) is 0 Å². The predicted molar refractivity (Wildman–Crippen MR) is 131 cm³/mol. The number of benzene rings is 3. The van der Waals surface area contributed by atoms with Gasteiger partial charge in [-0.1, -0.05) is 54.6 Å². The van der Waals surface area contributed by atoms with Crippen molar-refractivity contribution in [1.82, 2.24) is 0 Å². The Morgan fingerprint density at radius 2 is 1.66 bits per heavy atom. The van der Waals surface area contributed by atoms with Crippen LogP contribution in [-0.2, 0) is 20.7 Å². The predicted octanol–water partition coefficient (Wildman–Crippen LogP) is 4.60. The summed E-state index contributed by atoms with van der Waals surface area (Å²) in [5.74, 6) is -1.59. The summed E-state index contributed by atoms with van der Waals surface area (Å²) in [6.45, 7) is 4.56. The Balaban J connectivity index is 1.46. The summed E-state index contributed by atoms with van der Waals surface area (Å²) in [6, 6.07) is 18.2. The number of para-hydroxylation sites is 1. The minimum atomic E-state index is -1.27. The van der Waals surface area contributed by atoms with Gasteiger partial charge in [-0.2, -0.15) is 0 Å². The van der Waals surface area contributed by atoms with Gasteiger partial charge in [0.05, 0.1) is 5.41 Å². The maximum Gasteiger partial charge on any atom is 0.526 e. The van der Waals surface area contributed by atoms with E-state index in [1.165, 1.54) is 6.07 Å². The number of carbonyl (C=O) groups is 3. The fraction of sp³-hybridized carbons (Fsp3) is 0.296. The van der Waals surface area contributed by atoms with E-state index in [4.69, 9.17) is 14.1 Å². The van der Waals surface area contributed by atoms with Crippen LogP contribution in [0.5, 0.6) is 5.75 Å². The highest BCUT2D eigenvalue weighted by Gasteiger charge is 2.38.